The first-order chi connectivity index (χ1) is 12.5. The average molecular weight is 355 g/mol. The van der Waals surface area contributed by atoms with Crippen molar-refractivity contribution in [1.82, 2.24) is 5.32 Å². The topological polar surface area (TPSA) is 84.7 Å². The van der Waals surface area contributed by atoms with E-state index in [9.17, 15) is 9.59 Å². The second kappa shape index (κ2) is 9.46. The van der Waals surface area contributed by atoms with Gasteiger partial charge >= 0.3 is 0 Å². The summed E-state index contributed by atoms with van der Waals surface area (Å²) >= 11 is 0. The quantitative estimate of drug-likeness (QED) is 0.721. The lowest BCUT2D eigenvalue weighted by Crippen LogP contribution is -2.35. The summed E-state index contributed by atoms with van der Waals surface area (Å²) in [4.78, 5) is 25.3. The second-order valence-corrected chi connectivity index (χ2v) is 5.90. The van der Waals surface area contributed by atoms with Gasteiger partial charge < -0.3 is 20.7 Å². The van der Waals surface area contributed by atoms with Crippen molar-refractivity contribution >= 4 is 17.5 Å². The second-order valence-electron chi connectivity index (χ2n) is 5.90. The fourth-order valence-corrected chi connectivity index (χ4v) is 2.66. The van der Waals surface area contributed by atoms with E-state index >= 15 is 0 Å². The number of ether oxygens (including phenoxy) is 1. The molecule has 26 heavy (non-hydrogen) atoms. The number of rotatable bonds is 9. The summed E-state index contributed by atoms with van der Waals surface area (Å²) < 4.78 is 5.23. The molecule has 0 aromatic heterocycles. The van der Waals surface area contributed by atoms with E-state index in [2.05, 4.69) is 36.2 Å². The van der Waals surface area contributed by atoms with E-state index in [0.717, 1.165) is 6.54 Å². The maximum absolute atomic E-state index is 12.3. The molecule has 0 aliphatic heterocycles. The molecule has 2 rings (SSSR count). The van der Waals surface area contributed by atoms with Crippen molar-refractivity contribution in [2.45, 2.75) is 13.8 Å². The van der Waals surface area contributed by atoms with Crippen molar-refractivity contribution in [3.05, 3.63) is 59.7 Å². The molecule has 2 amide bonds. The summed E-state index contributed by atoms with van der Waals surface area (Å²) in [6, 6.07) is 14.9. The van der Waals surface area contributed by atoms with E-state index in [-0.39, 0.29) is 12.5 Å². The Kier molecular flexibility index (Phi) is 7.02. The van der Waals surface area contributed by atoms with Gasteiger partial charge in [-0.1, -0.05) is 24.3 Å². The predicted molar refractivity (Wildman–Crippen MR) is 103 cm³/mol. The molecule has 0 saturated heterocycles. The van der Waals surface area contributed by atoms with E-state index in [1.54, 1.807) is 24.3 Å². The number of hydrogen-bond acceptors (Lipinski definition) is 4. The van der Waals surface area contributed by atoms with Crippen molar-refractivity contribution in [2.24, 2.45) is 5.73 Å². The van der Waals surface area contributed by atoms with Gasteiger partial charge in [-0.25, -0.2) is 0 Å². The Morgan fingerprint density at radius 2 is 1.92 bits per heavy atom. The van der Waals surface area contributed by atoms with Gasteiger partial charge in [-0.05, 0) is 43.7 Å². The number of hydrogen-bond donors (Lipinski definition) is 2. The third-order valence-corrected chi connectivity index (χ3v) is 3.98. The highest BCUT2D eigenvalue weighted by Gasteiger charge is 2.10. The number of nitrogens with one attached hydrogen (secondary N) is 1. The van der Waals surface area contributed by atoms with E-state index < -0.39 is 5.91 Å². The van der Waals surface area contributed by atoms with Gasteiger partial charge in [0, 0.05) is 30.9 Å². The number of nitrogens with zero attached hydrogens (tertiary/aromatic N) is 1. The van der Waals surface area contributed by atoms with E-state index in [1.165, 1.54) is 11.3 Å². The Bertz CT molecular complexity index is 761. The number of nitrogens with two attached hydrogens (primary N) is 1. The highest BCUT2D eigenvalue weighted by atomic mass is 16.5. The number of carbonyl (C=O) groups excluding carboxylic acids is 2. The number of para-hydroxylation sites is 1. The van der Waals surface area contributed by atoms with Gasteiger partial charge in [0.05, 0.1) is 0 Å². The fraction of sp³-hybridized carbons (Fsp3) is 0.300. The molecular formula is C20H25N3O3. The zero-order valence-electron chi connectivity index (χ0n) is 15.2. The number of amides is 2. The molecule has 138 valence electrons. The molecule has 2 aromatic carbocycles. The molecule has 0 saturated carbocycles. The minimum absolute atomic E-state index is 0.185. The number of anilines is 1. The van der Waals surface area contributed by atoms with Gasteiger partial charge in [0.1, 0.15) is 5.75 Å². The third kappa shape index (κ3) is 5.51. The first-order valence-electron chi connectivity index (χ1n) is 8.61. The van der Waals surface area contributed by atoms with Crippen LogP contribution in [0.4, 0.5) is 5.69 Å². The van der Waals surface area contributed by atoms with Crippen LogP contribution >= 0.6 is 0 Å². The lowest BCUT2D eigenvalue weighted by atomic mass is 10.2. The average Bonchev–Trinajstić information content (AvgIpc) is 2.64. The van der Waals surface area contributed by atoms with E-state index in [4.69, 9.17) is 10.5 Å². The number of carbonyl (C=O) groups is 2. The zero-order valence-corrected chi connectivity index (χ0v) is 15.2. The van der Waals surface area contributed by atoms with Gasteiger partial charge in [0.15, 0.2) is 6.61 Å². The Labute approximate surface area is 153 Å². The normalized spacial score (nSPS) is 10.2. The maximum Gasteiger partial charge on any atom is 0.255 e. The number of likely N-dealkylation sites (N-methyl/N-ethyl adjacent to an activating group) is 1. The third-order valence-electron chi connectivity index (χ3n) is 3.98. The van der Waals surface area contributed by atoms with Crippen LogP contribution in [0.15, 0.2) is 48.5 Å². The molecular weight excluding hydrogens is 330 g/mol. The summed E-state index contributed by atoms with van der Waals surface area (Å²) in [7, 11) is 0. The van der Waals surface area contributed by atoms with Crippen LogP contribution in [0.5, 0.6) is 5.75 Å². The Hall–Kier alpha value is -3.02. The Morgan fingerprint density at radius 1 is 1.15 bits per heavy atom. The predicted octanol–water partition coefficient (Wildman–Crippen LogP) is 2.12. The number of benzene rings is 2. The van der Waals surface area contributed by atoms with Crippen LogP contribution in [0.25, 0.3) is 0 Å². The van der Waals surface area contributed by atoms with Gasteiger partial charge in [-0.3, -0.25) is 9.59 Å². The molecule has 6 heteroatoms. The molecule has 0 aliphatic carbocycles. The van der Waals surface area contributed by atoms with Gasteiger partial charge in [0.2, 0.25) is 0 Å². The van der Waals surface area contributed by atoms with Crippen LogP contribution in [-0.2, 0) is 4.79 Å². The van der Waals surface area contributed by atoms with Crippen molar-refractivity contribution in [2.75, 3.05) is 31.1 Å². The molecule has 6 nitrogen and oxygen atoms in total. The van der Waals surface area contributed by atoms with Gasteiger partial charge in [-0.15, -0.1) is 0 Å². The highest BCUT2D eigenvalue weighted by molar-refractivity contribution is 5.94. The zero-order chi connectivity index (χ0) is 18.9. The van der Waals surface area contributed by atoms with Crippen LogP contribution < -0.4 is 20.7 Å². The molecule has 2 aromatic rings. The van der Waals surface area contributed by atoms with E-state index in [0.29, 0.717) is 24.4 Å². The SMILES string of the molecule is CCN(CCNC(=O)c1cccc(OCC(N)=O)c1)c1ccccc1C. The number of aryl methyl sites for hydroxylation is 1. The Balaban J connectivity index is 1.91. The van der Waals surface area contributed by atoms with Gasteiger partial charge in [-0.2, -0.15) is 0 Å². The molecule has 0 unspecified atom stereocenters. The van der Waals surface area contributed by atoms with Crippen molar-refractivity contribution in [3.8, 4) is 5.75 Å². The molecule has 3 N–H and O–H groups in total. The van der Waals surface area contributed by atoms with Crippen LogP contribution in [-0.4, -0.2) is 38.1 Å². The largest absolute Gasteiger partial charge is 0.484 e. The van der Waals surface area contributed by atoms with Gasteiger partial charge in [0.25, 0.3) is 11.8 Å². The maximum atomic E-state index is 12.3. The van der Waals surface area contributed by atoms with E-state index in [1.807, 2.05) is 12.1 Å². The highest BCUT2D eigenvalue weighted by Crippen LogP contribution is 2.18. The van der Waals surface area contributed by atoms with Crippen LogP contribution in [0, 0.1) is 6.92 Å². The van der Waals surface area contributed by atoms with Crippen LogP contribution in [0.2, 0.25) is 0 Å². The van der Waals surface area contributed by atoms with Crippen molar-refractivity contribution in [3.63, 3.8) is 0 Å². The fourth-order valence-electron chi connectivity index (χ4n) is 2.66. The standard InChI is InChI=1S/C20H25N3O3/c1-3-23(18-10-5-4-7-15(18)2)12-11-22-20(25)16-8-6-9-17(13-16)26-14-19(21)24/h4-10,13H,3,11-12,14H2,1-2H3,(H2,21,24)(H,22,25). The minimum atomic E-state index is -0.560. The molecule has 0 spiro atoms. The lowest BCUT2D eigenvalue weighted by molar-refractivity contribution is -0.119. The molecule has 0 heterocycles. The first kappa shape index (κ1) is 19.3. The number of primary amides is 1. The first-order valence-corrected chi connectivity index (χ1v) is 8.61. The monoisotopic (exact) mass is 355 g/mol. The Morgan fingerprint density at radius 3 is 2.62 bits per heavy atom. The smallest absolute Gasteiger partial charge is 0.255 e. The van der Waals surface area contributed by atoms with Crippen molar-refractivity contribution in [1.29, 1.82) is 0 Å². The molecule has 0 radical (unpaired) electrons. The van der Waals surface area contributed by atoms with Crippen LogP contribution in [0.3, 0.4) is 0 Å². The molecule has 0 atom stereocenters. The minimum Gasteiger partial charge on any atom is -0.484 e. The van der Waals surface area contributed by atoms with Crippen LogP contribution in [0.1, 0.15) is 22.8 Å². The molecule has 0 bridgehead atoms. The summed E-state index contributed by atoms with van der Waals surface area (Å²) in [5.74, 6) is -0.308. The van der Waals surface area contributed by atoms with Crippen molar-refractivity contribution < 1.29 is 14.3 Å². The summed E-state index contributed by atoms with van der Waals surface area (Å²) in [6.45, 7) is 6.05. The molecule has 0 fully saturated rings. The summed E-state index contributed by atoms with van der Waals surface area (Å²) in [6.07, 6.45) is 0. The summed E-state index contributed by atoms with van der Waals surface area (Å²) in [5, 5.41) is 2.92. The lowest BCUT2D eigenvalue weighted by Gasteiger charge is -2.25. The summed E-state index contributed by atoms with van der Waals surface area (Å²) in [5.41, 5.74) is 7.91. The molecule has 0 aliphatic rings.